The molecule has 2 rings (SSSR count). The molecule has 2 aliphatic rings. The van der Waals surface area contributed by atoms with Gasteiger partial charge in [0.1, 0.15) is 5.60 Å². The average Bonchev–Trinajstić information content (AvgIpc) is 2.71. The van der Waals surface area contributed by atoms with Crippen molar-refractivity contribution in [3.63, 3.8) is 0 Å². The quantitative estimate of drug-likeness (QED) is 0.744. The molecule has 2 atom stereocenters. The van der Waals surface area contributed by atoms with Crippen molar-refractivity contribution in [3.8, 4) is 0 Å². The van der Waals surface area contributed by atoms with E-state index in [9.17, 15) is 8.42 Å². The van der Waals surface area contributed by atoms with Crippen molar-refractivity contribution in [1.29, 1.82) is 0 Å². The Bertz CT molecular complexity index is 468. The summed E-state index contributed by atoms with van der Waals surface area (Å²) >= 11 is 0. The van der Waals surface area contributed by atoms with Gasteiger partial charge in [0.05, 0.1) is 25.6 Å². The summed E-state index contributed by atoms with van der Waals surface area (Å²) in [7, 11) is -1.08. The predicted octanol–water partition coefficient (Wildman–Crippen LogP) is 0.784. The largest absolute Gasteiger partial charge is 0.377 e. The van der Waals surface area contributed by atoms with Gasteiger partial charge in [0.2, 0.25) is 10.0 Å². The molecule has 7 heteroatoms. The summed E-state index contributed by atoms with van der Waals surface area (Å²) in [4.78, 5) is 2.31. The minimum atomic E-state index is -3.20. The van der Waals surface area contributed by atoms with Gasteiger partial charge in [-0.05, 0) is 40.2 Å². The number of hydrogen-bond donors (Lipinski definition) is 0. The molecule has 2 saturated heterocycles. The van der Waals surface area contributed by atoms with Gasteiger partial charge in [-0.2, -0.15) is 4.31 Å². The van der Waals surface area contributed by atoms with Crippen LogP contribution >= 0.6 is 0 Å². The number of rotatable bonds is 5. The SMILES string of the molecule is CCS(=O)(=O)N1CCOC[C@]2(C[C@H](CN(C)C(C)C)CO2)C1. The van der Waals surface area contributed by atoms with E-state index in [0.29, 0.717) is 44.9 Å². The first kappa shape index (κ1) is 18.1. The van der Waals surface area contributed by atoms with Crippen LogP contribution in [-0.2, 0) is 19.5 Å². The molecule has 0 unspecified atom stereocenters. The van der Waals surface area contributed by atoms with Gasteiger partial charge in [-0.3, -0.25) is 0 Å². The second kappa shape index (κ2) is 7.13. The molecule has 0 aromatic rings. The zero-order valence-electron chi connectivity index (χ0n) is 14.2. The minimum absolute atomic E-state index is 0.128. The molecule has 0 N–H and O–H groups in total. The molecule has 2 heterocycles. The van der Waals surface area contributed by atoms with Gasteiger partial charge < -0.3 is 14.4 Å². The summed E-state index contributed by atoms with van der Waals surface area (Å²) in [5.41, 5.74) is -0.471. The van der Waals surface area contributed by atoms with E-state index < -0.39 is 15.6 Å². The molecule has 2 fully saturated rings. The zero-order valence-corrected chi connectivity index (χ0v) is 15.1. The standard InChI is InChI=1S/C15H30N2O4S/c1-5-22(18,19)17-6-7-20-12-15(11-17)8-14(10-21-15)9-16(4)13(2)3/h13-14H,5-12H2,1-4H3/t14-,15+/m1/s1. The molecule has 0 radical (unpaired) electrons. The maximum absolute atomic E-state index is 12.2. The van der Waals surface area contributed by atoms with Crippen molar-refractivity contribution in [2.24, 2.45) is 5.92 Å². The Balaban J connectivity index is 2.04. The van der Waals surface area contributed by atoms with Crippen molar-refractivity contribution in [2.75, 3.05) is 52.3 Å². The van der Waals surface area contributed by atoms with E-state index in [1.807, 2.05) is 0 Å². The summed E-state index contributed by atoms with van der Waals surface area (Å²) in [6.07, 6.45) is 0.861. The normalized spacial score (nSPS) is 31.3. The van der Waals surface area contributed by atoms with Gasteiger partial charge in [-0.15, -0.1) is 0 Å². The molecule has 0 bridgehead atoms. The van der Waals surface area contributed by atoms with Crippen LogP contribution in [0, 0.1) is 5.92 Å². The topological polar surface area (TPSA) is 59.1 Å². The van der Waals surface area contributed by atoms with Crippen molar-refractivity contribution < 1.29 is 17.9 Å². The van der Waals surface area contributed by atoms with Crippen molar-refractivity contribution in [1.82, 2.24) is 9.21 Å². The predicted molar refractivity (Wildman–Crippen MR) is 86.4 cm³/mol. The highest BCUT2D eigenvalue weighted by Gasteiger charge is 2.45. The Morgan fingerprint density at radius 3 is 2.77 bits per heavy atom. The van der Waals surface area contributed by atoms with Crippen LogP contribution < -0.4 is 0 Å². The van der Waals surface area contributed by atoms with Crippen LogP contribution in [0.25, 0.3) is 0 Å². The van der Waals surface area contributed by atoms with Crippen LogP contribution in [0.2, 0.25) is 0 Å². The third-order valence-electron chi connectivity index (χ3n) is 4.79. The number of sulfonamides is 1. The first-order valence-corrected chi connectivity index (χ1v) is 9.79. The van der Waals surface area contributed by atoms with E-state index in [-0.39, 0.29) is 5.75 Å². The van der Waals surface area contributed by atoms with Crippen molar-refractivity contribution >= 4 is 10.0 Å². The molecule has 6 nitrogen and oxygen atoms in total. The highest BCUT2D eigenvalue weighted by Crippen LogP contribution is 2.34. The summed E-state index contributed by atoms with van der Waals surface area (Å²) in [6.45, 7) is 9.48. The van der Waals surface area contributed by atoms with Gasteiger partial charge in [-0.25, -0.2) is 8.42 Å². The van der Waals surface area contributed by atoms with Crippen LogP contribution in [-0.4, -0.2) is 81.5 Å². The van der Waals surface area contributed by atoms with Gasteiger partial charge in [-0.1, -0.05) is 0 Å². The monoisotopic (exact) mass is 334 g/mol. The fourth-order valence-corrected chi connectivity index (χ4v) is 4.33. The number of ether oxygens (including phenoxy) is 2. The second-order valence-electron chi connectivity index (χ2n) is 6.88. The fourth-order valence-electron chi connectivity index (χ4n) is 3.18. The van der Waals surface area contributed by atoms with Crippen molar-refractivity contribution in [3.05, 3.63) is 0 Å². The van der Waals surface area contributed by atoms with Crippen LogP contribution in [0.15, 0.2) is 0 Å². The highest BCUT2D eigenvalue weighted by molar-refractivity contribution is 7.89. The van der Waals surface area contributed by atoms with E-state index in [1.54, 1.807) is 11.2 Å². The van der Waals surface area contributed by atoms with Crippen LogP contribution in [0.4, 0.5) is 0 Å². The van der Waals surface area contributed by atoms with Gasteiger partial charge in [0, 0.05) is 25.7 Å². The van der Waals surface area contributed by atoms with Gasteiger partial charge >= 0.3 is 0 Å². The Hall–Kier alpha value is -0.210. The lowest BCUT2D eigenvalue weighted by Crippen LogP contribution is -2.46. The summed E-state index contributed by atoms with van der Waals surface area (Å²) in [6, 6.07) is 0.499. The maximum Gasteiger partial charge on any atom is 0.214 e. The van der Waals surface area contributed by atoms with E-state index in [1.165, 1.54) is 0 Å². The lowest BCUT2D eigenvalue weighted by molar-refractivity contribution is -0.0512. The van der Waals surface area contributed by atoms with Crippen molar-refractivity contribution in [2.45, 2.75) is 38.8 Å². The van der Waals surface area contributed by atoms with E-state index in [4.69, 9.17) is 9.47 Å². The minimum Gasteiger partial charge on any atom is -0.377 e. The average molecular weight is 334 g/mol. The molecule has 22 heavy (non-hydrogen) atoms. The first-order valence-electron chi connectivity index (χ1n) is 8.18. The van der Waals surface area contributed by atoms with Gasteiger partial charge in [0.25, 0.3) is 0 Å². The Morgan fingerprint density at radius 1 is 1.41 bits per heavy atom. The molecular formula is C15H30N2O4S. The summed E-state index contributed by atoms with van der Waals surface area (Å²) < 4.78 is 37.7. The van der Waals surface area contributed by atoms with Gasteiger partial charge in [0.15, 0.2) is 0 Å². The Kier molecular flexibility index (Phi) is 5.88. The highest BCUT2D eigenvalue weighted by atomic mass is 32.2. The molecular weight excluding hydrogens is 304 g/mol. The molecule has 0 aliphatic carbocycles. The first-order chi connectivity index (χ1) is 10.3. The molecule has 0 saturated carbocycles. The number of hydrogen-bond acceptors (Lipinski definition) is 5. The Morgan fingerprint density at radius 2 is 2.14 bits per heavy atom. The smallest absolute Gasteiger partial charge is 0.214 e. The van der Waals surface area contributed by atoms with Crippen LogP contribution in [0.1, 0.15) is 27.2 Å². The third-order valence-corrected chi connectivity index (χ3v) is 6.61. The second-order valence-corrected chi connectivity index (χ2v) is 9.14. The maximum atomic E-state index is 12.2. The van der Waals surface area contributed by atoms with E-state index in [2.05, 4.69) is 25.8 Å². The molecule has 1 spiro atoms. The zero-order chi connectivity index (χ0) is 16.4. The van der Waals surface area contributed by atoms with E-state index >= 15 is 0 Å². The fraction of sp³-hybridized carbons (Fsp3) is 1.00. The molecule has 2 aliphatic heterocycles. The lowest BCUT2D eigenvalue weighted by Gasteiger charge is -2.31. The van der Waals surface area contributed by atoms with Crippen LogP contribution in [0.3, 0.4) is 0 Å². The summed E-state index contributed by atoms with van der Waals surface area (Å²) in [5, 5.41) is 0. The van der Waals surface area contributed by atoms with E-state index in [0.717, 1.165) is 13.0 Å². The lowest BCUT2D eigenvalue weighted by atomic mass is 9.94. The summed E-state index contributed by atoms with van der Waals surface area (Å²) in [5.74, 6) is 0.558. The van der Waals surface area contributed by atoms with Crippen LogP contribution in [0.5, 0.6) is 0 Å². The molecule has 0 amide bonds. The molecule has 0 aromatic heterocycles. The number of nitrogens with zero attached hydrogens (tertiary/aromatic N) is 2. The Labute approximate surface area is 134 Å². The molecule has 130 valence electrons. The third kappa shape index (κ3) is 4.20. The molecule has 0 aromatic carbocycles.